The smallest absolute Gasteiger partial charge is 0.341 e. The van der Waals surface area contributed by atoms with Gasteiger partial charge in [0.2, 0.25) is 0 Å². The molecule has 1 aliphatic heterocycles. The van der Waals surface area contributed by atoms with Crippen molar-refractivity contribution in [3.63, 3.8) is 0 Å². The van der Waals surface area contributed by atoms with Crippen molar-refractivity contribution in [2.75, 3.05) is 18.5 Å². The highest BCUT2D eigenvalue weighted by molar-refractivity contribution is 9.10. The van der Waals surface area contributed by atoms with Crippen molar-refractivity contribution in [1.82, 2.24) is 5.32 Å². The van der Waals surface area contributed by atoms with Crippen LogP contribution in [0.2, 0.25) is 0 Å². The molecule has 31 heavy (non-hydrogen) atoms. The number of amides is 1. The number of benzene rings is 2. The molecule has 0 aliphatic carbocycles. The van der Waals surface area contributed by atoms with Crippen molar-refractivity contribution in [1.29, 1.82) is 0 Å². The number of carboxylic acid groups (broad SMARTS) is 1. The van der Waals surface area contributed by atoms with E-state index in [0.717, 1.165) is 17.7 Å². The third kappa shape index (κ3) is 6.18. The zero-order valence-electron chi connectivity index (χ0n) is 17.1. The normalized spacial score (nSPS) is 16.8. The van der Waals surface area contributed by atoms with Crippen molar-refractivity contribution in [2.45, 2.75) is 25.8 Å². The van der Waals surface area contributed by atoms with Crippen molar-refractivity contribution < 1.29 is 24.2 Å². The first-order chi connectivity index (χ1) is 14.9. The second-order valence-electron chi connectivity index (χ2n) is 6.61. The van der Waals surface area contributed by atoms with E-state index < -0.39 is 12.6 Å². The van der Waals surface area contributed by atoms with Gasteiger partial charge in [-0.25, -0.2) is 4.79 Å². The van der Waals surface area contributed by atoms with Crippen LogP contribution in [0.25, 0.3) is 6.08 Å². The molecule has 1 fully saturated rings. The van der Waals surface area contributed by atoms with Crippen molar-refractivity contribution >= 4 is 51.3 Å². The number of ether oxygens (including phenoxy) is 2. The topological polar surface area (TPSA) is 96.9 Å². The standard InChI is InChI=1S/C22H23BrN2O5S/c1-3-13-5-7-15(8-6-13)24-22-25-21(28)19(31-22)10-14-9-17(29-4-2)18(11-16(14)23)30-12-20(26)27/h5-11,22,24H,3-4,12H2,1-2H3,(H,25,28)(H,26,27)/b19-10-/t22-/m1/s1. The summed E-state index contributed by atoms with van der Waals surface area (Å²) in [6, 6.07) is 11.5. The molecule has 0 bridgehead atoms. The Kier molecular flexibility index (Phi) is 7.86. The molecule has 0 radical (unpaired) electrons. The summed E-state index contributed by atoms with van der Waals surface area (Å²) in [5, 5.41) is 15.1. The molecule has 9 heteroatoms. The van der Waals surface area contributed by atoms with Gasteiger partial charge >= 0.3 is 5.97 Å². The summed E-state index contributed by atoms with van der Waals surface area (Å²) in [5.74, 6) is -0.528. The number of rotatable bonds is 9. The lowest BCUT2D eigenvalue weighted by Crippen LogP contribution is -2.30. The minimum Gasteiger partial charge on any atom is -0.490 e. The minimum absolute atomic E-state index is 0.177. The summed E-state index contributed by atoms with van der Waals surface area (Å²) >= 11 is 4.85. The average Bonchev–Trinajstić information content (AvgIpc) is 3.08. The number of halogens is 1. The van der Waals surface area contributed by atoms with E-state index in [1.807, 2.05) is 19.1 Å². The molecule has 3 rings (SSSR count). The number of aryl methyl sites for hydroxylation is 1. The third-order valence-corrected chi connectivity index (χ3v) is 6.11. The van der Waals surface area contributed by atoms with Gasteiger partial charge in [-0.2, -0.15) is 0 Å². The van der Waals surface area contributed by atoms with Crippen LogP contribution < -0.4 is 20.1 Å². The summed E-state index contributed by atoms with van der Waals surface area (Å²) in [6.45, 7) is 3.84. The first-order valence-corrected chi connectivity index (χ1v) is 11.4. The highest BCUT2D eigenvalue weighted by Gasteiger charge is 2.27. The fourth-order valence-corrected chi connectivity index (χ4v) is 4.29. The van der Waals surface area contributed by atoms with Gasteiger partial charge < -0.3 is 25.2 Å². The first-order valence-electron chi connectivity index (χ1n) is 9.75. The second-order valence-corrected chi connectivity index (χ2v) is 8.61. The van der Waals surface area contributed by atoms with Gasteiger partial charge in [-0.15, -0.1) is 0 Å². The van der Waals surface area contributed by atoms with Crippen LogP contribution in [0.4, 0.5) is 5.69 Å². The predicted molar refractivity (Wildman–Crippen MR) is 125 cm³/mol. The van der Waals surface area contributed by atoms with Crippen LogP contribution in [0.5, 0.6) is 11.5 Å². The minimum atomic E-state index is -1.08. The maximum Gasteiger partial charge on any atom is 0.341 e. The lowest BCUT2D eigenvalue weighted by molar-refractivity contribution is -0.139. The Balaban J connectivity index is 1.77. The summed E-state index contributed by atoms with van der Waals surface area (Å²) < 4.78 is 11.6. The molecule has 1 aliphatic rings. The molecule has 1 saturated heterocycles. The molecule has 0 saturated carbocycles. The van der Waals surface area contributed by atoms with Gasteiger partial charge in [-0.3, -0.25) is 4.79 Å². The Labute approximate surface area is 193 Å². The zero-order chi connectivity index (χ0) is 22.4. The Morgan fingerprint density at radius 1 is 1.23 bits per heavy atom. The van der Waals surface area contributed by atoms with Crippen LogP contribution in [0.3, 0.4) is 0 Å². The molecule has 164 valence electrons. The van der Waals surface area contributed by atoms with E-state index in [1.165, 1.54) is 17.3 Å². The summed E-state index contributed by atoms with van der Waals surface area (Å²) in [5.41, 5.74) is 2.61. The first kappa shape index (κ1) is 23.0. The molecule has 0 spiro atoms. The number of aliphatic carboxylic acids is 1. The van der Waals surface area contributed by atoms with E-state index in [0.29, 0.717) is 27.5 Å². The van der Waals surface area contributed by atoms with Crippen LogP contribution in [0, 0.1) is 0 Å². The molecule has 1 atom stereocenters. The molecule has 0 unspecified atom stereocenters. The van der Waals surface area contributed by atoms with Crippen LogP contribution in [0.15, 0.2) is 45.8 Å². The lowest BCUT2D eigenvalue weighted by atomic mass is 10.1. The van der Waals surface area contributed by atoms with Crippen LogP contribution >= 0.6 is 27.7 Å². The number of carboxylic acids is 1. The Hall–Kier alpha value is -2.65. The van der Waals surface area contributed by atoms with Gasteiger partial charge in [-0.05, 0) is 54.8 Å². The fraction of sp³-hybridized carbons (Fsp3) is 0.273. The van der Waals surface area contributed by atoms with Crippen molar-refractivity contribution in [3.05, 3.63) is 56.9 Å². The summed E-state index contributed by atoms with van der Waals surface area (Å²) in [4.78, 5) is 23.8. The Bertz CT molecular complexity index is 994. The molecule has 3 N–H and O–H groups in total. The number of hydrogen-bond donors (Lipinski definition) is 3. The van der Waals surface area contributed by atoms with E-state index in [4.69, 9.17) is 14.6 Å². The SMILES string of the molecule is CCOc1cc(/C=C2\S[C@H](Nc3ccc(CC)cc3)NC2=O)c(Br)cc1OCC(=O)O. The molecular formula is C22H23BrN2O5S. The third-order valence-electron chi connectivity index (χ3n) is 4.39. The van der Waals surface area contributed by atoms with Crippen molar-refractivity contribution in [3.8, 4) is 11.5 Å². The van der Waals surface area contributed by atoms with E-state index in [9.17, 15) is 9.59 Å². The monoisotopic (exact) mass is 506 g/mol. The molecule has 0 aromatic heterocycles. The zero-order valence-corrected chi connectivity index (χ0v) is 19.5. The number of anilines is 1. The predicted octanol–water partition coefficient (Wildman–Crippen LogP) is 4.47. The van der Waals surface area contributed by atoms with Gasteiger partial charge in [0.25, 0.3) is 5.91 Å². The highest BCUT2D eigenvalue weighted by atomic mass is 79.9. The number of carbonyl (C=O) groups is 2. The Morgan fingerprint density at radius 3 is 2.58 bits per heavy atom. The van der Waals surface area contributed by atoms with Gasteiger partial charge in [-0.1, -0.05) is 46.7 Å². The average molecular weight is 507 g/mol. The summed E-state index contributed by atoms with van der Waals surface area (Å²) in [6.07, 6.45) is 2.73. The van der Waals surface area contributed by atoms with Gasteiger partial charge in [0.1, 0.15) is 0 Å². The highest BCUT2D eigenvalue weighted by Crippen LogP contribution is 2.37. The van der Waals surface area contributed by atoms with E-state index in [1.54, 1.807) is 18.2 Å². The van der Waals surface area contributed by atoms with Gasteiger partial charge in [0.05, 0.1) is 11.5 Å². The fourth-order valence-electron chi connectivity index (χ4n) is 2.88. The molecule has 7 nitrogen and oxygen atoms in total. The van der Waals surface area contributed by atoms with Crippen LogP contribution in [0.1, 0.15) is 25.0 Å². The maximum absolute atomic E-state index is 12.5. The molecule has 1 amide bonds. The number of thioether (sulfide) groups is 1. The second kappa shape index (κ2) is 10.6. The van der Waals surface area contributed by atoms with Crippen LogP contribution in [-0.4, -0.2) is 35.7 Å². The molecular weight excluding hydrogens is 484 g/mol. The summed E-state index contributed by atoms with van der Waals surface area (Å²) in [7, 11) is 0. The van der Waals surface area contributed by atoms with Crippen molar-refractivity contribution in [2.24, 2.45) is 0 Å². The largest absolute Gasteiger partial charge is 0.490 e. The van der Waals surface area contributed by atoms with E-state index in [-0.39, 0.29) is 11.4 Å². The quantitative estimate of drug-likeness (QED) is 0.431. The molecule has 2 aromatic rings. The molecule has 1 heterocycles. The van der Waals surface area contributed by atoms with E-state index >= 15 is 0 Å². The molecule has 2 aromatic carbocycles. The number of hydrogen-bond acceptors (Lipinski definition) is 6. The lowest BCUT2D eigenvalue weighted by Gasteiger charge is -2.13. The van der Waals surface area contributed by atoms with E-state index in [2.05, 4.69) is 45.6 Å². The van der Waals surface area contributed by atoms with Gasteiger partial charge in [0.15, 0.2) is 23.6 Å². The van der Waals surface area contributed by atoms with Gasteiger partial charge in [0, 0.05) is 10.2 Å². The maximum atomic E-state index is 12.5. The van der Waals surface area contributed by atoms with Crippen LogP contribution in [-0.2, 0) is 16.0 Å². The Morgan fingerprint density at radius 2 is 1.94 bits per heavy atom. The number of carbonyl (C=O) groups excluding carboxylic acids is 1. The number of nitrogens with one attached hydrogen (secondary N) is 2.